The maximum atomic E-state index is 14.6. The number of hydrogen-bond acceptors (Lipinski definition) is 4. The minimum atomic E-state index is -4.21. The van der Waals surface area contributed by atoms with Crippen LogP contribution in [0.1, 0.15) is 37.5 Å². The van der Waals surface area contributed by atoms with E-state index >= 15 is 0 Å². The molecule has 0 aromatic heterocycles. The third-order valence-corrected chi connectivity index (χ3v) is 9.65. The molecule has 0 bridgehead atoms. The van der Waals surface area contributed by atoms with Crippen molar-refractivity contribution in [3.05, 3.63) is 129 Å². The van der Waals surface area contributed by atoms with Gasteiger partial charge in [-0.25, -0.2) is 8.42 Å². The first-order chi connectivity index (χ1) is 21.2. The molecule has 4 rings (SSSR count). The first-order valence-corrected chi connectivity index (χ1v) is 17.1. The van der Waals surface area contributed by atoms with Gasteiger partial charge in [0.1, 0.15) is 12.6 Å². The summed E-state index contributed by atoms with van der Waals surface area (Å²) in [6.45, 7) is 6.99. The number of aryl methyl sites for hydroxylation is 1. The predicted molar refractivity (Wildman–Crippen MR) is 184 cm³/mol. The van der Waals surface area contributed by atoms with Crippen LogP contribution in [-0.2, 0) is 32.6 Å². The van der Waals surface area contributed by atoms with Gasteiger partial charge in [-0.1, -0.05) is 88.2 Å². The number of halogens is 2. The van der Waals surface area contributed by atoms with Gasteiger partial charge in [0, 0.05) is 28.0 Å². The summed E-state index contributed by atoms with van der Waals surface area (Å²) in [5.74, 6) is -0.858. The van der Waals surface area contributed by atoms with E-state index in [4.69, 9.17) is 11.6 Å². The Bertz CT molecular complexity index is 1730. The van der Waals surface area contributed by atoms with E-state index < -0.39 is 34.1 Å². The van der Waals surface area contributed by atoms with Crippen LogP contribution in [0.15, 0.2) is 112 Å². The van der Waals surface area contributed by atoms with Crippen LogP contribution in [0, 0.1) is 6.92 Å². The van der Waals surface area contributed by atoms with Gasteiger partial charge < -0.3 is 10.2 Å². The Kier molecular flexibility index (Phi) is 11.1. The lowest BCUT2D eigenvalue weighted by molar-refractivity contribution is -0.140. The lowest BCUT2D eigenvalue weighted by atomic mass is 10.0. The highest BCUT2D eigenvalue weighted by Gasteiger charge is 2.36. The molecule has 0 fully saturated rings. The molecule has 1 N–H and O–H groups in total. The van der Waals surface area contributed by atoms with Gasteiger partial charge in [0.15, 0.2) is 0 Å². The number of anilines is 1. The van der Waals surface area contributed by atoms with Gasteiger partial charge in [-0.05, 0) is 86.8 Å². The molecule has 2 amide bonds. The number of amides is 2. The summed E-state index contributed by atoms with van der Waals surface area (Å²) in [5, 5.41) is 3.43. The fourth-order valence-corrected chi connectivity index (χ4v) is 6.75. The zero-order valence-electron chi connectivity index (χ0n) is 25.7. The highest BCUT2D eigenvalue weighted by Crippen LogP contribution is 2.28. The highest BCUT2D eigenvalue weighted by molar-refractivity contribution is 9.10. The number of hydrogen-bond donors (Lipinski definition) is 1. The van der Waals surface area contributed by atoms with Gasteiger partial charge in [0.2, 0.25) is 11.8 Å². The predicted octanol–water partition coefficient (Wildman–Crippen LogP) is 7.16. The molecular formula is C35H37BrClN3O4S. The summed E-state index contributed by atoms with van der Waals surface area (Å²) < 4.78 is 30.3. The van der Waals surface area contributed by atoms with E-state index in [0.717, 1.165) is 19.9 Å². The fraction of sp³-hybridized carbons (Fsp3) is 0.257. The number of nitrogens with zero attached hydrogens (tertiary/aromatic N) is 2. The third kappa shape index (κ3) is 9.19. The SMILES string of the molecule is Cc1ccccc1N(CC(=O)N(Cc1ccc(Br)cc1)[C@H](Cc1ccccc1)C(=O)NC(C)(C)C)S(=O)(=O)c1ccc(Cl)cc1. The second-order valence-electron chi connectivity index (χ2n) is 11.8. The molecule has 0 saturated carbocycles. The van der Waals surface area contributed by atoms with Crippen LogP contribution in [0.4, 0.5) is 5.69 Å². The maximum Gasteiger partial charge on any atom is 0.264 e. The van der Waals surface area contributed by atoms with Gasteiger partial charge in [-0.15, -0.1) is 0 Å². The van der Waals surface area contributed by atoms with Crippen molar-refractivity contribution < 1.29 is 18.0 Å². The second kappa shape index (κ2) is 14.6. The van der Waals surface area contributed by atoms with Crippen LogP contribution in [0.25, 0.3) is 0 Å². The van der Waals surface area contributed by atoms with Crippen LogP contribution < -0.4 is 9.62 Å². The number of sulfonamides is 1. The molecule has 1 atom stereocenters. The zero-order valence-corrected chi connectivity index (χ0v) is 28.9. The van der Waals surface area contributed by atoms with Crippen LogP contribution in [0.5, 0.6) is 0 Å². The quantitative estimate of drug-likeness (QED) is 0.179. The van der Waals surface area contributed by atoms with E-state index in [2.05, 4.69) is 21.2 Å². The van der Waals surface area contributed by atoms with Gasteiger partial charge in [0.25, 0.3) is 10.0 Å². The average molecular weight is 711 g/mol. The Morgan fingerprint density at radius 2 is 1.44 bits per heavy atom. The van der Waals surface area contributed by atoms with Crippen molar-refractivity contribution in [3.63, 3.8) is 0 Å². The van der Waals surface area contributed by atoms with Gasteiger partial charge >= 0.3 is 0 Å². The van der Waals surface area contributed by atoms with Gasteiger partial charge in [0.05, 0.1) is 10.6 Å². The van der Waals surface area contributed by atoms with Crippen LogP contribution in [0.3, 0.4) is 0 Å². The van der Waals surface area contributed by atoms with Crippen molar-refractivity contribution in [2.45, 2.75) is 57.1 Å². The van der Waals surface area contributed by atoms with Crippen molar-refractivity contribution >= 4 is 55.1 Å². The minimum Gasteiger partial charge on any atom is -0.350 e. The molecule has 0 saturated heterocycles. The maximum absolute atomic E-state index is 14.6. The van der Waals surface area contributed by atoms with E-state index in [0.29, 0.717) is 16.3 Å². The number of benzene rings is 4. The van der Waals surface area contributed by atoms with Crippen molar-refractivity contribution in [2.75, 3.05) is 10.8 Å². The molecule has 7 nitrogen and oxygen atoms in total. The highest BCUT2D eigenvalue weighted by atomic mass is 79.9. The molecular weight excluding hydrogens is 674 g/mol. The topological polar surface area (TPSA) is 86.8 Å². The molecule has 45 heavy (non-hydrogen) atoms. The van der Waals surface area contributed by atoms with Crippen molar-refractivity contribution in [1.82, 2.24) is 10.2 Å². The first kappa shape index (κ1) is 34.2. The molecule has 0 heterocycles. The molecule has 0 spiro atoms. The monoisotopic (exact) mass is 709 g/mol. The second-order valence-corrected chi connectivity index (χ2v) is 15.1. The van der Waals surface area contributed by atoms with Crippen LogP contribution in [-0.4, -0.2) is 43.3 Å². The Labute approximate surface area is 279 Å². The molecule has 0 aliphatic heterocycles. The average Bonchev–Trinajstić information content (AvgIpc) is 2.99. The Balaban J connectivity index is 1.82. The van der Waals surface area contributed by atoms with Crippen LogP contribution in [0.2, 0.25) is 5.02 Å². The van der Waals surface area contributed by atoms with Crippen molar-refractivity contribution in [2.24, 2.45) is 0 Å². The molecule has 4 aromatic carbocycles. The number of para-hydroxylation sites is 1. The summed E-state index contributed by atoms with van der Waals surface area (Å²) in [4.78, 5) is 30.0. The number of nitrogens with one attached hydrogen (secondary N) is 1. The number of carbonyl (C=O) groups is 2. The fourth-order valence-electron chi connectivity index (χ4n) is 4.88. The molecule has 0 aliphatic carbocycles. The summed E-state index contributed by atoms with van der Waals surface area (Å²) in [6.07, 6.45) is 0.235. The van der Waals surface area contributed by atoms with E-state index in [1.165, 1.54) is 29.2 Å². The van der Waals surface area contributed by atoms with E-state index in [-0.39, 0.29) is 23.8 Å². The van der Waals surface area contributed by atoms with Gasteiger partial charge in [-0.2, -0.15) is 0 Å². The summed E-state index contributed by atoms with van der Waals surface area (Å²) >= 11 is 9.52. The Morgan fingerprint density at radius 3 is 2.04 bits per heavy atom. The lowest BCUT2D eigenvalue weighted by Crippen LogP contribution is -2.56. The molecule has 0 radical (unpaired) electrons. The Morgan fingerprint density at radius 1 is 0.844 bits per heavy atom. The molecule has 4 aromatic rings. The van der Waals surface area contributed by atoms with Crippen molar-refractivity contribution in [1.29, 1.82) is 0 Å². The Hall–Kier alpha value is -3.66. The molecule has 0 unspecified atom stereocenters. The number of rotatable bonds is 11. The van der Waals surface area contributed by atoms with E-state index in [1.54, 1.807) is 31.2 Å². The smallest absolute Gasteiger partial charge is 0.264 e. The summed E-state index contributed by atoms with van der Waals surface area (Å²) in [6, 6.07) is 28.8. The first-order valence-electron chi connectivity index (χ1n) is 14.5. The minimum absolute atomic E-state index is 0.00581. The van der Waals surface area contributed by atoms with Crippen LogP contribution >= 0.6 is 27.5 Å². The van der Waals surface area contributed by atoms with Crippen molar-refractivity contribution in [3.8, 4) is 0 Å². The normalized spacial score (nSPS) is 12.3. The summed E-state index contributed by atoms with van der Waals surface area (Å²) in [5.41, 5.74) is 2.13. The van der Waals surface area contributed by atoms with E-state index in [9.17, 15) is 18.0 Å². The third-order valence-electron chi connectivity index (χ3n) is 7.10. The number of carbonyl (C=O) groups excluding carboxylic acids is 2. The molecule has 10 heteroatoms. The zero-order chi connectivity index (χ0) is 32.8. The lowest BCUT2D eigenvalue weighted by Gasteiger charge is -2.35. The van der Waals surface area contributed by atoms with E-state index in [1.807, 2.05) is 75.4 Å². The molecule has 236 valence electrons. The van der Waals surface area contributed by atoms with Gasteiger partial charge in [-0.3, -0.25) is 13.9 Å². The standard InChI is InChI=1S/C35H37BrClN3O4S/c1-25-10-8-9-13-31(25)40(45(43,44)30-20-18-29(37)19-21-30)24-33(41)39(23-27-14-16-28(36)17-15-27)32(34(42)38-35(2,3)4)22-26-11-6-5-7-12-26/h5-21,32H,22-24H2,1-4H3,(H,38,42)/t32-/m1/s1. The largest absolute Gasteiger partial charge is 0.350 e. The summed E-state index contributed by atoms with van der Waals surface area (Å²) in [7, 11) is -4.21. The molecule has 0 aliphatic rings.